The Labute approximate surface area is 192 Å². The van der Waals surface area contributed by atoms with Crippen molar-refractivity contribution in [1.29, 1.82) is 5.26 Å². The second kappa shape index (κ2) is 9.90. The summed E-state index contributed by atoms with van der Waals surface area (Å²) in [7, 11) is 0. The van der Waals surface area contributed by atoms with E-state index in [1.54, 1.807) is 24.3 Å². The molecule has 1 fully saturated rings. The molecule has 0 radical (unpaired) electrons. The zero-order valence-electron chi connectivity index (χ0n) is 16.7. The molecule has 1 heterocycles. The van der Waals surface area contributed by atoms with Gasteiger partial charge in [-0.25, -0.2) is 4.39 Å². The van der Waals surface area contributed by atoms with Gasteiger partial charge in [0.05, 0.1) is 20.6 Å². The van der Waals surface area contributed by atoms with E-state index in [1.165, 1.54) is 12.1 Å². The fourth-order valence-electron chi connectivity index (χ4n) is 3.57. The molecule has 2 atom stereocenters. The molecule has 158 valence electrons. The predicted octanol–water partition coefficient (Wildman–Crippen LogP) is 4.72. The molecule has 0 aromatic heterocycles. The van der Waals surface area contributed by atoms with E-state index < -0.39 is 0 Å². The third kappa shape index (κ3) is 5.39. The first-order valence-electron chi connectivity index (χ1n) is 9.58. The molecule has 1 amide bonds. The molecule has 0 N–H and O–H groups in total. The number of piperazine rings is 1. The molecule has 0 spiro atoms. The van der Waals surface area contributed by atoms with Gasteiger partial charge in [-0.05, 0) is 75.5 Å². The Kier molecular flexibility index (Phi) is 7.50. The van der Waals surface area contributed by atoms with E-state index in [9.17, 15) is 9.18 Å². The van der Waals surface area contributed by atoms with Gasteiger partial charge in [0.25, 0.3) is 5.91 Å². The molecular formula is C22H22Br2FN3O2. The summed E-state index contributed by atoms with van der Waals surface area (Å²) < 4.78 is 20.1. The van der Waals surface area contributed by atoms with Crippen molar-refractivity contribution in [2.45, 2.75) is 32.5 Å². The summed E-state index contributed by atoms with van der Waals surface area (Å²) in [5.41, 5.74) is 1.54. The molecule has 0 saturated carbocycles. The van der Waals surface area contributed by atoms with Gasteiger partial charge < -0.3 is 9.64 Å². The summed E-state index contributed by atoms with van der Waals surface area (Å²) in [6.07, 6.45) is 0. The standard InChI is InChI=1S/C22H22Br2FN3O2/c1-14-11-28(15(2)10-27(14)12-16-3-5-18(25)6-4-16)21(29)13-30-22-19(23)7-17(9-26)8-20(22)24/h3-8,14-15H,10-13H2,1-2H3/t14-,15+/m0/s1. The largest absolute Gasteiger partial charge is 0.481 e. The van der Waals surface area contributed by atoms with Crippen molar-refractivity contribution in [3.8, 4) is 11.8 Å². The van der Waals surface area contributed by atoms with Gasteiger partial charge in [-0.15, -0.1) is 0 Å². The number of amides is 1. The maximum absolute atomic E-state index is 13.1. The Balaban J connectivity index is 1.60. The second-order valence-corrected chi connectivity index (χ2v) is 9.18. The van der Waals surface area contributed by atoms with E-state index in [0.29, 0.717) is 26.8 Å². The van der Waals surface area contributed by atoms with Crippen molar-refractivity contribution in [3.63, 3.8) is 0 Å². The van der Waals surface area contributed by atoms with Crippen LogP contribution >= 0.6 is 31.9 Å². The summed E-state index contributed by atoms with van der Waals surface area (Å²) in [5.74, 6) is 0.174. The maximum Gasteiger partial charge on any atom is 0.260 e. The molecule has 1 aliphatic rings. The number of hydrogen-bond donors (Lipinski definition) is 0. The quantitative estimate of drug-likeness (QED) is 0.552. The summed E-state index contributed by atoms with van der Waals surface area (Å²) in [6, 6.07) is 12.1. The molecule has 30 heavy (non-hydrogen) atoms. The molecule has 2 aromatic rings. The van der Waals surface area contributed by atoms with Crippen LogP contribution in [0.25, 0.3) is 0 Å². The van der Waals surface area contributed by atoms with Gasteiger partial charge in [0.1, 0.15) is 11.6 Å². The SMILES string of the molecule is C[C@@H]1CN(Cc2ccc(F)cc2)[C@@H](C)CN1C(=O)COc1c(Br)cc(C#N)cc1Br. The zero-order chi connectivity index (χ0) is 21.8. The first-order chi connectivity index (χ1) is 14.3. The molecule has 0 bridgehead atoms. The molecule has 0 unspecified atom stereocenters. The number of halogens is 3. The number of carbonyl (C=O) groups is 1. The number of rotatable bonds is 5. The zero-order valence-corrected chi connectivity index (χ0v) is 19.9. The number of hydrogen-bond acceptors (Lipinski definition) is 4. The Hall–Kier alpha value is -1.95. The van der Waals surface area contributed by atoms with Crippen molar-refractivity contribution >= 4 is 37.8 Å². The number of nitrogens with zero attached hydrogens (tertiary/aromatic N) is 3. The lowest BCUT2D eigenvalue weighted by molar-refractivity contribution is -0.139. The normalized spacial score (nSPS) is 19.4. The van der Waals surface area contributed by atoms with Crippen LogP contribution in [0.2, 0.25) is 0 Å². The van der Waals surface area contributed by atoms with Crippen LogP contribution in [0.15, 0.2) is 45.3 Å². The van der Waals surface area contributed by atoms with Crippen molar-refractivity contribution in [3.05, 3.63) is 62.3 Å². The molecular weight excluding hydrogens is 517 g/mol. The van der Waals surface area contributed by atoms with Crippen LogP contribution in [0.4, 0.5) is 4.39 Å². The van der Waals surface area contributed by atoms with Crippen LogP contribution in [-0.4, -0.2) is 47.5 Å². The van der Waals surface area contributed by atoms with Gasteiger partial charge >= 0.3 is 0 Å². The number of benzene rings is 2. The van der Waals surface area contributed by atoms with Crippen molar-refractivity contribution < 1.29 is 13.9 Å². The van der Waals surface area contributed by atoms with Crippen molar-refractivity contribution in [2.75, 3.05) is 19.7 Å². The highest BCUT2D eigenvalue weighted by Crippen LogP contribution is 2.34. The van der Waals surface area contributed by atoms with Crippen molar-refractivity contribution in [2.24, 2.45) is 0 Å². The Morgan fingerprint density at radius 3 is 2.40 bits per heavy atom. The number of ether oxygens (including phenoxy) is 1. The van der Waals surface area contributed by atoms with Crippen LogP contribution in [0.1, 0.15) is 25.0 Å². The summed E-state index contributed by atoms with van der Waals surface area (Å²) in [5, 5.41) is 9.03. The van der Waals surface area contributed by atoms with E-state index in [4.69, 9.17) is 10.00 Å². The fraction of sp³-hybridized carbons (Fsp3) is 0.364. The summed E-state index contributed by atoms with van der Waals surface area (Å²) in [4.78, 5) is 17.0. The van der Waals surface area contributed by atoms with Gasteiger partial charge in [0.2, 0.25) is 0 Å². The average Bonchev–Trinajstić information content (AvgIpc) is 2.71. The second-order valence-electron chi connectivity index (χ2n) is 7.47. The van der Waals surface area contributed by atoms with E-state index in [2.05, 4.69) is 49.8 Å². The highest BCUT2D eigenvalue weighted by Gasteiger charge is 2.32. The molecule has 2 aromatic carbocycles. The molecule has 1 saturated heterocycles. The first-order valence-corrected chi connectivity index (χ1v) is 11.2. The smallest absolute Gasteiger partial charge is 0.260 e. The van der Waals surface area contributed by atoms with Gasteiger partial charge in [-0.2, -0.15) is 5.26 Å². The lowest BCUT2D eigenvalue weighted by Gasteiger charge is -2.44. The van der Waals surface area contributed by atoms with Gasteiger partial charge in [-0.1, -0.05) is 12.1 Å². The van der Waals surface area contributed by atoms with Gasteiger partial charge in [0, 0.05) is 31.7 Å². The fourth-order valence-corrected chi connectivity index (χ4v) is 4.98. The molecule has 3 rings (SSSR count). The average molecular weight is 539 g/mol. The molecule has 5 nitrogen and oxygen atoms in total. The van der Waals surface area contributed by atoms with Crippen LogP contribution in [0.5, 0.6) is 5.75 Å². The highest BCUT2D eigenvalue weighted by molar-refractivity contribution is 9.11. The minimum Gasteiger partial charge on any atom is -0.481 e. The molecule has 0 aliphatic carbocycles. The van der Waals surface area contributed by atoms with E-state index in [0.717, 1.165) is 18.7 Å². The Morgan fingerprint density at radius 2 is 1.80 bits per heavy atom. The van der Waals surface area contributed by atoms with Gasteiger partial charge in [-0.3, -0.25) is 9.69 Å². The number of nitriles is 1. The minimum absolute atomic E-state index is 0.0330. The predicted molar refractivity (Wildman–Crippen MR) is 119 cm³/mol. The summed E-state index contributed by atoms with van der Waals surface area (Å²) in [6.45, 7) is 6.07. The third-order valence-corrected chi connectivity index (χ3v) is 6.38. The van der Waals surface area contributed by atoms with E-state index in [-0.39, 0.29) is 30.4 Å². The topological polar surface area (TPSA) is 56.6 Å². The Bertz CT molecular complexity index is 939. The van der Waals surface area contributed by atoms with Crippen LogP contribution in [0, 0.1) is 17.1 Å². The number of carbonyl (C=O) groups excluding carboxylic acids is 1. The van der Waals surface area contributed by atoms with Crippen LogP contribution in [-0.2, 0) is 11.3 Å². The maximum atomic E-state index is 13.1. The molecule has 1 aliphatic heterocycles. The lowest BCUT2D eigenvalue weighted by atomic mass is 10.1. The Morgan fingerprint density at radius 1 is 1.17 bits per heavy atom. The van der Waals surface area contributed by atoms with Crippen molar-refractivity contribution in [1.82, 2.24) is 9.80 Å². The lowest BCUT2D eigenvalue weighted by Crippen LogP contribution is -2.58. The van der Waals surface area contributed by atoms with E-state index >= 15 is 0 Å². The van der Waals surface area contributed by atoms with Crippen LogP contribution in [0.3, 0.4) is 0 Å². The monoisotopic (exact) mass is 537 g/mol. The highest BCUT2D eigenvalue weighted by atomic mass is 79.9. The van der Waals surface area contributed by atoms with Gasteiger partial charge in [0.15, 0.2) is 6.61 Å². The summed E-state index contributed by atoms with van der Waals surface area (Å²) >= 11 is 6.78. The van der Waals surface area contributed by atoms with Crippen LogP contribution < -0.4 is 4.74 Å². The molecule has 8 heteroatoms. The van der Waals surface area contributed by atoms with E-state index in [1.807, 2.05) is 11.8 Å². The minimum atomic E-state index is -0.240. The third-order valence-electron chi connectivity index (χ3n) is 5.20. The first kappa shape index (κ1) is 22.7.